The van der Waals surface area contributed by atoms with Crippen LogP contribution in [-0.2, 0) is 6.54 Å². The molecule has 102 valence electrons. The molecular formula is C14H21BrFNO. The maximum absolute atomic E-state index is 12.0. The van der Waals surface area contributed by atoms with E-state index in [-0.39, 0.29) is 6.67 Å². The third kappa shape index (κ3) is 5.83. The summed E-state index contributed by atoms with van der Waals surface area (Å²) in [5.74, 6) is 1.42. The van der Waals surface area contributed by atoms with Gasteiger partial charge in [0.2, 0.25) is 0 Å². The minimum Gasteiger partial charge on any atom is -0.492 e. The second-order valence-electron chi connectivity index (χ2n) is 4.68. The molecule has 0 aliphatic carbocycles. The normalized spacial score (nSPS) is 10.9. The molecule has 0 unspecified atom stereocenters. The molecule has 0 saturated heterocycles. The van der Waals surface area contributed by atoms with Crippen molar-refractivity contribution < 1.29 is 9.13 Å². The first-order chi connectivity index (χ1) is 8.63. The molecule has 1 N–H and O–H groups in total. The number of benzene rings is 1. The molecule has 1 aromatic rings. The van der Waals surface area contributed by atoms with Crippen LogP contribution in [0.25, 0.3) is 0 Å². The van der Waals surface area contributed by atoms with Gasteiger partial charge in [0, 0.05) is 13.0 Å². The van der Waals surface area contributed by atoms with Crippen LogP contribution in [0.1, 0.15) is 25.8 Å². The van der Waals surface area contributed by atoms with E-state index in [1.54, 1.807) is 0 Å². The van der Waals surface area contributed by atoms with Crippen molar-refractivity contribution in [2.45, 2.75) is 26.8 Å². The Morgan fingerprint density at radius 2 is 2.17 bits per heavy atom. The summed E-state index contributed by atoms with van der Waals surface area (Å²) in [6.45, 7) is 6.30. The Bertz CT molecular complexity index is 358. The molecule has 0 amide bonds. The van der Waals surface area contributed by atoms with Gasteiger partial charge in [-0.25, -0.2) is 0 Å². The second kappa shape index (κ2) is 8.48. The summed E-state index contributed by atoms with van der Waals surface area (Å²) < 4.78 is 18.4. The van der Waals surface area contributed by atoms with Crippen LogP contribution in [0.5, 0.6) is 5.75 Å². The third-order valence-corrected chi connectivity index (χ3v) is 3.03. The number of hydrogen-bond acceptors (Lipinski definition) is 2. The summed E-state index contributed by atoms with van der Waals surface area (Å²) in [5, 5.41) is 3.39. The molecule has 1 rings (SSSR count). The van der Waals surface area contributed by atoms with Gasteiger partial charge in [-0.05, 0) is 46.1 Å². The number of nitrogens with one attached hydrogen (secondary N) is 1. The zero-order chi connectivity index (χ0) is 13.4. The Morgan fingerprint density at radius 3 is 2.78 bits per heavy atom. The van der Waals surface area contributed by atoms with E-state index in [0.717, 1.165) is 23.3 Å². The first-order valence-corrected chi connectivity index (χ1v) is 7.10. The summed E-state index contributed by atoms with van der Waals surface area (Å²) in [6, 6.07) is 6.00. The van der Waals surface area contributed by atoms with Gasteiger partial charge in [-0.15, -0.1) is 0 Å². The van der Waals surface area contributed by atoms with E-state index in [0.29, 0.717) is 18.9 Å². The number of alkyl halides is 1. The summed E-state index contributed by atoms with van der Waals surface area (Å²) >= 11 is 3.47. The van der Waals surface area contributed by atoms with Crippen molar-refractivity contribution in [2.75, 3.05) is 19.8 Å². The van der Waals surface area contributed by atoms with Crippen molar-refractivity contribution in [1.82, 2.24) is 5.32 Å². The lowest BCUT2D eigenvalue weighted by atomic mass is 10.2. The van der Waals surface area contributed by atoms with E-state index in [1.165, 1.54) is 5.56 Å². The van der Waals surface area contributed by atoms with E-state index in [1.807, 2.05) is 18.2 Å². The Hall–Kier alpha value is -0.610. The zero-order valence-electron chi connectivity index (χ0n) is 11.0. The minimum absolute atomic E-state index is 0.338. The lowest BCUT2D eigenvalue weighted by molar-refractivity contribution is 0.288. The van der Waals surface area contributed by atoms with E-state index in [2.05, 4.69) is 35.1 Å². The molecular weight excluding hydrogens is 297 g/mol. The van der Waals surface area contributed by atoms with Crippen LogP contribution in [0.15, 0.2) is 22.7 Å². The molecule has 1 aromatic carbocycles. The predicted octanol–water partition coefficient (Wildman–Crippen LogP) is 3.93. The van der Waals surface area contributed by atoms with Crippen molar-refractivity contribution in [2.24, 2.45) is 5.92 Å². The predicted molar refractivity (Wildman–Crippen MR) is 76.8 cm³/mol. The Morgan fingerprint density at radius 1 is 1.39 bits per heavy atom. The SMILES string of the molecule is CC(C)CNCc1ccc(OCCCF)c(Br)c1. The van der Waals surface area contributed by atoms with Crippen LogP contribution in [0, 0.1) is 5.92 Å². The fraction of sp³-hybridized carbons (Fsp3) is 0.571. The quantitative estimate of drug-likeness (QED) is 0.733. The molecule has 0 spiro atoms. The summed E-state index contributed by atoms with van der Waals surface area (Å²) in [5.41, 5.74) is 1.21. The van der Waals surface area contributed by atoms with E-state index < -0.39 is 0 Å². The van der Waals surface area contributed by atoms with Crippen molar-refractivity contribution >= 4 is 15.9 Å². The number of rotatable bonds is 8. The Kier molecular flexibility index (Phi) is 7.28. The monoisotopic (exact) mass is 317 g/mol. The van der Waals surface area contributed by atoms with Gasteiger partial charge in [0.1, 0.15) is 5.75 Å². The van der Waals surface area contributed by atoms with Crippen LogP contribution in [0.2, 0.25) is 0 Å². The molecule has 0 aliphatic heterocycles. The van der Waals surface area contributed by atoms with Gasteiger partial charge in [0.05, 0.1) is 17.8 Å². The summed E-state index contributed by atoms with van der Waals surface area (Å²) in [4.78, 5) is 0. The van der Waals surface area contributed by atoms with Gasteiger partial charge in [0.25, 0.3) is 0 Å². The highest BCUT2D eigenvalue weighted by Gasteiger charge is 2.03. The van der Waals surface area contributed by atoms with Crippen molar-refractivity contribution in [3.8, 4) is 5.75 Å². The van der Waals surface area contributed by atoms with Gasteiger partial charge in [-0.1, -0.05) is 19.9 Å². The van der Waals surface area contributed by atoms with Gasteiger partial charge in [-0.3, -0.25) is 4.39 Å². The van der Waals surface area contributed by atoms with Crippen LogP contribution in [-0.4, -0.2) is 19.8 Å². The van der Waals surface area contributed by atoms with Crippen LogP contribution < -0.4 is 10.1 Å². The maximum atomic E-state index is 12.0. The van der Waals surface area contributed by atoms with Gasteiger partial charge in [-0.2, -0.15) is 0 Å². The number of halogens is 2. The Labute approximate surface area is 117 Å². The molecule has 0 heterocycles. The van der Waals surface area contributed by atoms with Crippen LogP contribution in [0.3, 0.4) is 0 Å². The average Bonchev–Trinajstić information content (AvgIpc) is 2.31. The topological polar surface area (TPSA) is 21.3 Å². The molecule has 0 saturated carbocycles. The van der Waals surface area contributed by atoms with Crippen molar-refractivity contribution in [3.05, 3.63) is 28.2 Å². The van der Waals surface area contributed by atoms with Gasteiger partial charge < -0.3 is 10.1 Å². The Balaban J connectivity index is 2.45. The van der Waals surface area contributed by atoms with E-state index in [4.69, 9.17) is 4.74 Å². The average molecular weight is 318 g/mol. The molecule has 18 heavy (non-hydrogen) atoms. The molecule has 0 aromatic heterocycles. The van der Waals surface area contributed by atoms with Crippen LogP contribution in [0.4, 0.5) is 4.39 Å². The molecule has 0 atom stereocenters. The summed E-state index contributed by atoms with van der Waals surface area (Å²) in [6.07, 6.45) is 0.435. The van der Waals surface area contributed by atoms with Gasteiger partial charge >= 0.3 is 0 Å². The van der Waals surface area contributed by atoms with Crippen molar-refractivity contribution in [1.29, 1.82) is 0 Å². The molecule has 0 fully saturated rings. The number of hydrogen-bond donors (Lipinski definition) is 1. The standard InChI is InChI=1S/C14H21BrFNO/c1-11(2)9-17-10-12-4-5-14(13(15)8-12)18-7-3-6-16/h4-5,8,11,17H,3,6-7,9-10H2,1-2H3. The highest BCUT2D eigenvalue weighted by Crippen LogP contribution is 2.26. The largest absolute Gasteiger partial charge is 0.492 e. The zero-order valence-corrected chi connectivity index (χ0v) is 12.6. The molecule has 0 bridgehead atoms. The minimum atomic E-state index is -0.338. The summed E-state index contributed by atoms with van der Waals surface area (Å²) in [7, 11) is 0. The smallest absolute Gasteiger partial charge is 0.133 e. The van der Waals surface area contributed by atoms with E-state index >= 15 is 0 Å². The fourth-order valence-electron chi connectivity index (χ4n) is 1.51. The van der Waals surface area contributed by atoms with Gasteiger partial charge in [0.15, 0.2) is 0 Å². The highest BCUT2D eigenvalue weighted by atomic mass is 79.9. The molecule has 0 aliphatic rings. The van der Waals surface area contributed by atoms with Crippen molar-refractivity contribution in [3.63, 3.8) is 0 Å². The highest BCUT2D eigenvalue weighted by molar-refractivity contribution is 9.10. The molecule has 4 heteroatoms. The first-order valence-electron chi connectivity index (χ1n) is 6.31. The molecule has 0 radical (unpaired) electrons. The first kappa shape index (κ1) is 15.4. The number of ether oxygens (including phenoxy) is 1. The lowest BCUT2D eigenvalue weighted by Gasteiger charge is -2.10. The van der Waals surface area contributed by atoms with Crippen LogP contribution >= 0.6 is 15.9 Å². The molecule has 2 nitrogen and oxygen atoms in total. The second-order valence-corrected chi connectivity index (χ2v) is 5.53. The lowest BCUT2D eigenvalue weighted by Crippen LogP contribution is -2.18. The maximum Gasteiger partial charge on any atom is 0.133 e. The van der Waals surface area contributed by atoms with E-state index in [9.17, 15) is 4.39 Å². The fourth-order valence-corrected chi connectivity index (χ4v) is 2.05. The third-order valence-electron chi connectivity index (χ3n) is 2.41.